The molecule has 3 rings (SSSR count). The number of hydrogen-bond donors (Lipinski definition) is 1. The van der Waals surface area contributed by atoms with Crippen LogP contribution in [-0.2, 0) is 18.3 Å². The fraction of sp³-hybridized carbons (Fsp3) is 0.333. The van der Waals surface area contributed by atoms with Crippen LogP contribution in [-0.4, -0.2) is 29.3 Å². The minimum Gasteiger partial charge on any atom is -0.310 e. The Bertz CT molecular complexity index is 682. The van der Waals surface area contributed by atoms with Crippen LogP contribution >= 0.6 is 11.6 Å². The van der Waals surface area contributed by atoms with E-state index in [1.807, 2.05) is 31.4 Å². The lowest BCUT2D eigenvalue weighted by atomic mass is 10.1. The van der Waals surface area contributed by atoms with Crippen LogP contribution in [0.25, 0.3) is 0 Å². The van der Waals surface area contributed by atoms with Crippen LogP contribution in [0.4, 0.5) is 5.69 Å². The Morgan fingerprint density at radius 2 is 2.29 bits per heavy atom. The highest BCUT2D eigenvalue weighted by atomic mass is 35.5. The van der Waals surface area contributed by atoms with E-state index in [0.29, 0.717) is 6.54 Å². The first-order valence-electron chi connectivity index (χ1n) is 6.86. The van der Waals surface area contributed by atoms with Crippen molar-refractivity contribution in [2.24, 2.45) is 7.05 Å². The van der Waals surface area contributed by atoms with Gasteiger partial charge in [0.25, 0.3) is 0 Å². The molecule has 0 saturated heterocycles. The Hall–Kier alpha value is -1.85. The van der Waals surface area contributed by atoms with E-state index < -0.39 is 6.04 Å². The quantitative estimate of drug-likeness (QED) is 0.942. The van der Waals surface area contributed by atoms with Crippen LogP contribution in [0.1, 0.15) is 17.2 Å². The standard InChI is InChI=1S/C15H17ClN4O/c1-17-14(10-8-18-19(2)9-10)15(21)20-7-6-11-12(16)4-3-5-13(11)20/h3-5,8-9,14,17H,6-7H2,1-2H3. The summed E-state index contributed by atoms with van der Waals surface area (Å²) in [6, 6.07) is 5.29. The molecule has 0 saturated carbocycles. The van der Waals surface area contributed by atoms with Gasteiger partial charge in [-0.05, 0) is 31.2 Å². The van der Waals surface area contributed by atoms with Crippen LogP contribution in [0.15, 0.2) is 30.6 Å². The summed E-state index contributed by atoms with van der Waals surface area (Å²) >= 11 is 6.21. The van der Waals surface area contributed by atoms with Crippen molar-refractivity contribution in [3.05, 3.63) is 46.7 Å². The van der Waals surface area contributed by atoms with Crippen molar-refractivity contribution in [3.8, 4) is 0 Å². The van der Waals surface area contributed by atoms with Gasteiger partial charge in [-0.15, -0.1) is 0 Å². The van der Waals surface area contributed by atoms with Gasteiger partial charge < -0.3 is 10.2 Å². The number of fused-ring (bicyclic) bond motifs is 1. The molecule has 0 spiro atoms. The molecule has 0 aliphatic carbocycles. The molecule has 2 heterocycles. The van der Waals surface area contributed by atoms with E-state index in [1.165, 1.54) is 0 Å². The largest absolute Gasteiger partial charge is 0.310 e. The first-order chi connectivity index (χ1) is 10.1. The summed E-state index contributed by atoms with van der Waals surface area (Å²) < 4.78 is 1.70. The highest BCUT2D eigenvalue weighted by Crippen LogP contribution is 2.34. The normalized spacial score (nSPS) is 15.1. The van der Waals surface area contributed by atoms with Crippen LogP contribution < -0.4 is 10.2 Å². The van der Waals surface area contributed by atoms with Gasteiger partial charge in [0.1, 0.15) is 6.04 Å². The molecule has 1 amide bonds. The zero-order valence-corrected chi connectivity index (χ0v) is 12.8. The van der Waals surface area contributed by atoms with Crippen molar-refractivity contribution < 1.29 is 4.79 Å². The van der Waals surface area contributed by atoms with E-state index in [-0.39, 0.29) is 5.91 Å². The molecule has 1 atom stereocenters. The minimum atomic E-state index is -0.399. The molecule has 1 aromatic carbocycles. The first kappa shape index (κ1) is 14.1. The molecule has 110 valence electrons. The summed E-state index contributed by atoms with van der Waals surface area (Å²) in [5, 5.41) is 7.94. The Kier molecular flexibility index (Phi) is 3.69. The maximum Gasteiger partial charge on any atom is 0.248 e. The van der Waals surface area contributed by atoms with E-state index in [4.69, 9.17) is 11.6 Å². The number of benzene rings is 1. The smallest absolute Gasteiger partial charge is 0.248 e. The number of nitrogens with one attached hydrogen (secondary N) is 1. The predicted molar refractivity (Wildman–Crippen MR) is 82.5 cm³/mol. The number of likely N-dealkylation sites (N-methyl/N-ethyl adjacent to an activating group) is 1. The number of amides is 1. The third kappa shape index (κ3) is 2.43. The lowest BCUT2D eigenvalue weighted by molar-refractivity contribution is -0.120. The van der Waals surface area contributed by atoms with Crippen molar-refractivity contribution in [3.63, 3.8) is 0 Å². The molecule has 0 fully saturated rings. The van der Waals surface area contributed by atoms with Gasteiger partial charge in [-0.25, -0.2) is 0 Å². The third-order valence-corrected chi connectivity index (χ3v) is 4.18. The number of aromatic nitrogens is 2. The molecule has 1 N–H and O–H groups in total. The van der Waals surface area contributed by atoms with Gasteiger partial charge in [-0.2, -0.15) is 5.10 Å². The second kappa shape index (κ2) is 5.50. The van der Waals surface area contributed by atoms with Crippen LogP contribution in [0, 0.1) is 0 Å². The summed E-state index contributed by atoms with van der Waals surface area (Å²) in [4.78, 5) is 14.6. The molecule has 1 aliphatic rings. The van der Waals surface area contributed by atoms with Gasteiger partial charge in [-0.3, -0.25) is 9.48 Å². The van der Waals surface area contributed by atoms with E-state index in [2.05, 4.69) is 10.4 Å². The van der Waals surface area contributed by atoms with E-state index in [0.717, 1.165) is 28.3 Å². The Balaban J connectivity index is 1.91. The zero-order valence-electron chi connectivity index (χ0n) is 12.0. The monoisotopic (exact) mass is 304 g/mol. The molecule has 5 nitrogen and oxygen atoms in total. The molecule has 0 radical (unpaired) electrons. The number of hydrogen-bond acceptors (Lipinski definition) is 3. The summed E-state index contributed by atoms with van der Waals surface area (Å²) in [6.45, 7) is 0.663. The zero-order chi connectivity index (χ0) is 15.0. The number of nitrogens with zero attached hydrogens (tertiary/aromatic N) is 3. The summed E-state index contributed by atoms with van der Waals surface area (Å²) in [6.07, 6.45) is 4.37. The van der Waals surface area contributed by atoms with Gasteiger partial charge in [0, 0.05) is 36.1 Å². The third-order valence-electron chi connectivity index (χ3n) is 3.83. The molecule has 21 heavy (non-hydrogen) atoms. The van der Waals surface area contributed by atoms with Crippen molar-refractivity contribution >= 4 is 23.2 Å². The van der Waals surface area contributed by atoms with Gasteiger partial charge in [0.2, 0.25) is 5.91 Å². The van der Waals surface area contributed by atoms with Crippen molar-refractivity contribution in [1.29, 1.82) is 0 Å². The average molecular weight is 305 g/mol. The summed E-state index contributed by atoms with van der Waals surface area (Å²) in [5.74, 6) is 0.0199. The molecular formula is C15H17ClN4O. The van der Waals surface area contributed by atoms with Gasteiger partial charge in [0.15, 0.2) is 0 Å². The van der Waals surface area contributed by atoms with Crippen LogP contribution in [0.2, 0.25) is 5.02 Å². The Morgan fingerprint density at radius 1 is 1.48 bits per heavy atom. The number of aryl methyl sites for hydroxylation is 1. The molecule has 2 aromatic rings. The highest BCUT2D eigenvalue weighted by Gasteiger charge is 2.31. The highest BCUT2D eigenvalue weighted by molar-refractivity contribution is 6.32. The molecule has 1 aliphatic heterocycles. The van der Waals surface area contributed by atoms with Crippen LogP contribution in [0.5, 0.6) is 0 Å². The van der Waals surface area contributed by atoms with Crippen molar-refractivity contribution in [2.45, 2.75) is 12.5 Å². The molecule has 1 aromatic heterocycles. The minimum absolute atomic E-state index is 0.0199. The lowest BCUT2D eigenvalue weighted by Gasteiger charge is -2.23. The number of carbonyl (C=O) groups is 1. The molecular weight excluding hydrogens is 288 g/mol. The number of halogens is 1. The summed E-state index contributed by atoms with van der Waals surface area (Å²) in [5.41, 5.74) is 2.82. The number of carbonyl (C=O) groups excluding carboxylic acids is 1. The Morgan fingerprint density at radius 3 is 2.95 bits per heavy atom. The van der Waals surface area contributed by atoms with E-state index in [9.17, 15) is 4.79 Å². The predicted octanol–water partition coefficient (Wildman–Crippen LogP) is 1.92. The summed E-state index contributed by atoms with van der Waals surface area (Å²) in [7, 11) is 3.62. The Labute approximate surface area is 128 Å². The van der Waals surface area contributed by atoms with Crippen LogP contribution in [0.3, 0.4) is 0 Å². The fourth-order valence-electron chi connectivity index (χ4n) is 2.80. The van der Waals surface area contributed by atoms with Crippen molar-refractivity contribution in [1.82, 2.24) is 15.1 Å². The van der Waals surface area contributed by atoms with Crippen molar-refractivity contribution in [2.75, 3.05) is 18.5 Å². The maximum absolute atomic E-state index is 12.8. The molecule has 0 bridgehead atoms. The number of rotatable bonds is 3. The first-order valence-corrected chi connectivity index (χ1v) is 7.24. The van der Waals surface area contributed by atoms with Gasteiger partial charge >= 0.3 is 0 Å². The van der Waals surface area contributed by atoms with Gasteiger partial charge in [-0.1, -0.05) is 17.7 Å². The lowest BCUT2D eigenvalue weighted by Crippen LogP contribution is -2.38. The second-order valence-electron chi connectivity index (χ2n) is 5.15. The topological polar surface area (TPSA) is 50.2 Å². The molecule has 6 heteroatoms. The molecule has 1 unspecified atom stereocenters. The number of anilines is 1. The fourth-order valence-corrected chi connectivity index (χ4v) is 3.06. The second-order valence-corrected chi connectivity index (χ2v) is 5.55. The maximum atomic E-state index is 12.8. The van der Waals surface area contributed by atoms with E-state index in [1.54, 1.807) is 22.8 Å². The van der Waals surface area contributed by atoms with E-state index >= 15 is 0 Å². The average Bonchev–Trinajstić information content (AvgIpc) is 3.07. The SMILES string of the molecule is CNC(C(=O)N1CCc2c(Cl)cccc21)c1cnn(C)c1. The van der Waals surface area contributed by atoms with Gasteiger partial charge in [0.05, 0.1) is 6.20 Å².